The molecule has 0 radical (unpaired) electrons. The van der Waals surface area contributed by atoms with E-state index < -0.39 is 0 Å². The maximum absolute atomic E-state index is 5.92. The summed E-state index contributed by atoms with van der Waals surface area (Å²) in [6.45, 7) is 13.2. The number of hydrogen-bond donors (Lipinski definition) is 0. The molecule has 2 nitrogen and oxygen atoms in total. The Morgan fingerprint density at radius 1 is 1.32 bits per heavy atom. The maximum Gasteiger partial charge on any atom is 0.287 e. The number of nitrogens with zero attached hydrogens (tertiary/aromatic N) is 2. The van der Waals surface area contributed by atoms with E-state index in [0.717, 1.165) is 29.8 Å². The molecule has 0 bridgehead atoms. The number of aryl methyl sites for hydroxylation is 1. The average Bonchev–Trinajstić information content (AvgIpc) is 2.52. The van der Waals surface area contributed by atoms with E-state index in [9.17, 15) is 0 Å². The molecule has 2 rings (SSSR count). The Kier molecular flexibility index (Phi) is 4.29. The lowest BCUT2D eigenvalue weighted by Gasteiger charge is -2.48. The molecule has 2 heteroatoms. The summed E-state index contributed by atoms with van der Waals surface area (Å²) in [5.74, 6) is 2.95. The van der Waals surface area contributed by atoms with Gasteiger partial charge in [-0.25, -0.2) is 4.57 Å². The lowest BCUT2D eigenvalue weighted by molar-refractivity contribution is -0.782. The first kappa shape index (κ1) is 16.5. The predicted octanol–water partition coefficient (Wildman–Crippen LogP) is 4.20. The second kappa shape index (κ2) is 5.72. The third-order valence-electron chi connectivity index (χ3n) is 5.70. The van der Waals surface area contributed by atoms with Crippen LogP contribution in [0.1, 0.15) is 58.8 Å². The van der Waals surface area contributed by atoms with Gasteiger partial charge >= 0.3 is 0 Å². The van der Waals surface area contributed by atoms with Crippen molar-refractivity contribution in [3.63, 3.8) is 0 Å². The van der Waals surface area contributed by atoms with Gasteiger partial charge in [-0.2, -0.15) is 0 Å². The largest absolute Gasteiger partial charge is 0.287 e. The van der Waals surface area contributed by atoms with Crippen LogP contribution in [0.5, 0.6) is 0 Å². The van der Waals surface area contributed by atoms with Crippen molar-refractivity contribution in [1.29, 1.82) is 0 Å². The van der Waals surface area contributed by atoms with Crippen LogP contribution in [0.3, 0.4) is 0 Å². The lowest BCUT2D eigenvalue weighted by atomic mass is 9.60. The van der Waals surface area contributed by atoms with Crippen LogP contribution >= 0.6 is 0 Å². The molecule has 0 amide bonds. The Bertz CT molecular complexity index is 690. The molecule has 2 heterocycles. The number of allylic oxidation sites excluding steroid dienone is 4. The van der Waals surface area contributed by atoms with E-state index in [2.05, 4.69) is 68.3 Å². The van der Waals surface area contributed by atoms with Crippen LogP contribution in [-0.4, -0.2) is 4.98 Å². The Morgan fingerprint density at radius 2 is 2.00 bits per heavy atom. The van der Waals surface area contributed by atoms with Gasteiger partial charge < -0.3 is 0 Å². The minimum atomic E-state index is -0.0486. The number of hydrogen-bond acceptors (Lipinski definition) is 1. The molecule has 1 aromatic rings. The van der Waals surface area contributed by atoms with E-state index in [1.807, 2.05) is 13.3 Å². The summed E-state index contributed by atoms with van der Waals surface area (Å²) in [5, 5.41) is 0. The highest BCUT2D eigenvalue weighted by molar-refractivity contribution is 5.81. The van der Waals surface area contributed by atoms with Crippen molar-refractivity contribution in [1.82, 2.24) is 4.98 Å². The molecule has 0 N–H and O–H groups in total. The normalized spacial score (nSPS) is 27.9. The molecular weight excluding hydrogens is 268 g/mol. The molecule has 0 saturated heterocycles. The second-order valence-corrected chi connectivity index (χ2v) is 6.53. The maximum atomic E-state index is 5.92. The summed E-state index contributed by atoms with van der Waals surface area (Å²) in [6.07, 6.45) is 14.2. The van der Waals surface area contributed by atoms with Gasteiger partial charge in [0.15, 0.2) is 5.69 Å². The van der Waals surface area contributed by atoms with Gasteiger partial charge in [-0.15, -0.1) is 6.42 Å². The van der Waals surface area contributed by atoms with Gasteiger partial charge in [-0.1, -0.05) is 43.8 Å². The van der Waals surface area contributed by atoms with Gasteiger partial charge in [-0.3, -0.25) is 0 Å². The number of terminal acetylenes is 1. The summed E-state index contributed by atoms with van der Waals surface area (Å²) in [6, 6.07) is 2.11. The number of rotatable bonds is 3. The molecule has 0 aliphatic carbocycles. The first-order valence-electron chi connectivity index (χ1n) is 8.12. The topological polar surface area (TPSA) is 16.8 Å². The Hall–Kier alpha value is -1.88. The van der Waals surface area contributed by atoms with E-state index in [4.69, 9.17) is 6.42 Å². The van der Waals surface area contributed by atoms with Crippen molar-refractivity contribution in [2.45, 2.75) is 59.9 Å². The van der Waals surface area contributed by atoms with Crippen molar-refractivity contribution in [3.8, 4) is 12.3 Å². The number of fused-ring (bicyclic) bond motifs is 1. The van der Waals surface area contributed by atoms with Crippen LogP contribution in [0.2, 0.25) is 0 Å². The summed E-state index contributed by atoms with van der Waals surface area (Å²) in [7, 11) is 0. The fourth-order valence-corrected chi connectivity index (χ4v) is 3.79. The SMILES string of the molecule is C#CC1=C(C=CC)C(C)(CC)C(C)(CC)[n+]2cnc(C)cc21. The summed E-state index contributed by atoms with van der Waals surface area (Å²) < 4.78 is 2.30. The van der Waals surface area contributed by atoms with E-state index in [0.29, 0.717) is 0 Å². The Labute approximate surface area is 135 Å². The molecule has 1 aliphatic heterocycles. The van der Waals surface area contributed by atoms with Crippen molar-refractivity contribution in [3.05, 3.63) is 41.5 Å². The second-order valence-electron chi connectivity index (χ2n) is 6.53. The predicted molar refractivity (Wildman–Crippen MR) is 92.1 cm³/mol. The van der Waals surface area contributed by atoms with Gasteiger partial charge in [-0.05, 0) is 32.3 Å². The smallest absolute Gasteiger partial charge is 0.223 e. The van der Waals surface area contributed by atoms with Crippen LogP contribution in [0.25, 0.3) is 5.57 Å². The average molecular weight is 295 g/mol. The van der Waals surface area contributed by atoms with E-state index in [1.165, 1.54) is 5.57 Å². The Balaban J connectivity index is 2.97. The van der Waals surface area contributed by atoms with Gasteiger partial charge in [0, 0.05) is 18.4 Å². The zero-order valence-electron chi connectivity index (χ0n) is 14.7. The molecule has 1 aromatic heterocycles. The van der Waals surface area contributed by atoms with E-state index >= 15 is 0 Å². The van der Waals surface area contributed by atoms with E-state index in [-0.39, 0.29) is 11.0 Å². The Morgan fingerprint density at radius 3 is 2.50 bits per heavy atom. The minimum Gasteiger partial charge on any atom is -0.223 e. The minimum absolute atomic E-state index is 0.0232. The molecule has 0 spiro atoms. The third kappa shape index (κ3) is 2.03. The zero-order chi connectivity index (χ0) is 16.5. The summed E-state index contributed by atoms with van der Waals surface area (Å²) in [5.41, 5.74) is 4.31. The molecule has 0 aromatic carbocycles. The number of aromatic nitrogens is 2. The molecule has 0 saturated carbocycles. The highest BCUT2D eigenvalue weighted by Crippen LogP contribution is 2.50. The standard InChI is InChI=1S/C20H27N2/c1-8-12-17-16(9-2)18-13-15(5)21-14-22(18)20(7,11-4)19(17,6)10-3/h2,8,12-14H,10-11H2,1,3-7H3/q+1. The van der Waals surface area contributed by atoms with Crippen LogP contribution in [-0.2, 0) is 5.54 Å². The molecular formula is C20H27N2+. The van der Waals surface area contributed by atoms with Crippen LogP contribution < -0.4 is 4.57 Å². The van der Waals surface area contributed by atoms with Gasteiger partial charge in [0.1, 0.15) is 11.2 Å². The van der Waals surface area contributed by atoms with Crippen molar-refractivity contribution < 1.29 is 4.57 Å². The van der Waals surface area contributed by atoms with Crippen molar-refractivity contribution >= 4 is 5.57 Å². The molecule has 2 unspecified atom stereocenters. The van der Waals surface area contributed by atoms with Crippen LogP contribution in [0.15, 0.2) is 30.1 Å². The molecule has 1 aliphatic rings. The third-order valence-corrected chi connectivity index (χ3v) is 5.70. The fourth-order valence-electron chi connectivity index (χ4n) is 3.79. The van der Waals surface area contributed by atoms with Crippen molar-refractivity contribution in [2.75, 3.05) is 0 Å². The molecule has 0 fully saturated rings. The van der Waals surface area contributed by atoms with Crippen molar-refractivity contribution in [2.24, 2.45) is 5.41 Å². The fraction of sp³-hybridized carbons (Fsp3) is 0.500. The van der Waals surface area contributed by atoms with Gasteiger partial charge in [0.25, 0.3) is 6.33 Å². The monoisotopic (exact) mass is 295 g/mol. The molecule has 116 valence electrons. The van der Waals surface area contributed by atoms with Crippen LogP contribution in [0.4, 0.5) is 0 Å². The molecule has 22 heavy (non-hydrogen) atoms. The summed E-state index contributed by atoms with van der Waals surface area (Å²) in [4.78, 5) is 4.53. The first-order valence-corrected chi connectivity index (χ1v) is 8.12. The highest BCUT2D eigenvalue weighted by Gasteiger charge is 2.53. The lowest BCUT2D eigenvalue weighted by Crippen LogP contribution is -2.67. The van der Waals surface area contributed by atoms with Crippen LogP contribution in [0, 0.1) is 24.7 Å². The molecule has 2 atom stereocenters. The van der Waals surface area contributed by atoms with E-state index in [1.54, 1.807) is 0 Å². The quantitative estimate of drug-likeness (QED) is 0.603. The summed E-state index contributed by atoms with van der Waals surface area (Å²) >= 11 is 0. The van der Waals surface area contributed by atoms with Gasteiger partial charge in [0.2, 0.25) is 0 Å². The highest BCUT2D eigenvalue weighted by atomic mass is 15.1. The first-order chi connectivity index (χ1) is 10.4. The van der Waals surface area contributed by atoms with Gasteiger partial charge in [0.05, 0.1) is 5.57 Å². The zero-order valence-corrected chi connectivity index (χ0v) is 14.7.